The van der Waals surface area contributed by atoms with E-state index in [2.05, 4.69) is 39.2 Å². The van der Waals surface area contributed by atoms with Crippen molar-refractivity contribution >= 4 is 28.5 Å². The number of aromatic nitrogens is 3. The highest BCUT2D eigenvalue weighted by molar-refractivity contribution is 5.94. The first-order valence-electron chi connectivity index (χ1n) is 9.23. The van der Waals surface area contributed by atoms with Gasteiger partial charge < -0.3 is 14.7 Å². The molecular formula is C20H23N5O2. The molecule has 4 rings (SSSR count). The maximum atomic E-state index is 12.8. The van der Waals surface area contributed by atoms with Gasteiger partial charge in [0.25, 0.3) is 5.71 Å². The van der Waals surface area contributed by atoms with Gasteiger partial charge in [0.15, 0.2) is 0 Å². The van der Waals surface area contributed by atoms with Crippen LogP contribution in [-0.4, -0.2) is 34.1 Å². The van der Waals surface area contributed by atoms with Crippen LogP contribution in [0.2, 0.25) is 0 Å². The fraction of sp³-hybridized carbons (Fsp3) is 0.400. The van der Waals surface area contributed by atoms with E-state index in [1.807, 2.05) is 25.1 Å². The van der Waals surface area contributed by atoms with Crippen LogP contribution in [0.1, 0.15) is 29.7 Å². The van der Waals surface area contributed by atoms with Crippen molar-refractivity contribution in [3.8, 4) is 0 Å². The number of carbonyl (C=O) groups excluding carboxylic acids is 1. The number of carbonyl (C=O) groups is 1. The van der Waals surface area contributed by atoms with Crippen LogP contribution in [-0.2, 0) is 4.79 Å². The van der Waals surface area contributed by atoms with Crippen molar-refractivity contribution in [2.75, 3.05) is 23.3 Å². The average Bonchev–Trinajstić information content (AvgIpc) is 3.06. The summed E-state index contributed by atoms with van der Waals surface area (Å²) in [7, 11) is 0. The molecule has 7 nitrogen and oxygen atoms in total. The van der Waals surface area contributed by atoms with Gasteiger partial charge in [-0.3, -0.25) is 4.79 Å². The zero-order valence-electron chi connectivity index (χ0n) is 15.8. The number of nitrogens with zero attached hydrogens (tertiary/aromatic N) is 4. The van der Waals surface area contributed by atoms with Gasteiger partial charge in [-0.1, -0.05) is 11.2 Å². The van der Waals surface area contributed by atoms with Gasteiger partial charge in [0.05, 0.1) is 11.6 Å². The van der Waals surface area contributed by atoms with Gasteiger partial charge >= 0.3 is 0 Å². The number of benzene rings is 1. The number of aryl methyl sites for hydroxylation is 3. The molecule has 1 atom stereocenters. The molecular weight excluding hydrogens is 342 g/mol. The van der Waals surface area contributed by atoms with Gasteiger partial charge in [-0.2, -0.15) is 4.98 Å². The fourth-order valence-electron chi connectivity index (χ4n) is 3.59. The maximum absolute atomic E-state index is 12.8. The maximum Gasteiger partial charge on any atom is 0.263 e. The van der Waals surface area contributed by atoms with E-state index in [0.29, 0.717) is 12.3 Å². The quantitative estimate of drug-likeness (QED) is 0.766. The van der Waals surface area contributed by atoms with Gasteiger partial charge in [-0.05, 0) is 56.9 Å². The minimum Gasteiger partial charge on any atom is -0.355 e. The normalized spacial score (nSPS) is 17.3. The molecule has 1 fully saturated rings. The van der Waals surface area contributed by atoms with Crippen molar-refractivity contribution in [2.45, 2.75) is 33.6 Å². The SMILES string of the molecule is Cc1ccc(NC(=O)C2CCCN(c3ncnc4onc(C)c34)C2)cc1C. The van der Waals surface area contributed by atoms with E-state index in [1.54, 1.807) is 0 Å². The zero-order chi connectivity index (χ0) is 19.0. The molecule has 1 saturated heterocycles. The molecule has 0 bridgehead atoms. The van der Waals surface area contributed by atoms with E-state index >= 15 is 0 Å². The number of amides is 1. The topological polar surface area (TPSA) is 84.2 Å². The summed E-state index contributed by atoms with van der Waals surface area (Å²) < 4.78 is 5.25. The van der Waals surface area contributed by atoms with Gasteiger partial charge in [0.2, 0.25) is 5.91 Å². The van der Waals surface area contributed by atoms with Crippen molar-refractivity contribution < 1.29 is 9.32 Å². The molecule has 7 heteroatoms. The predicted molar refractivity (Wildman–Crippen MR) is 104 cm³/mol. The summed E-state index contributed by atoms with van der Waals surface area (Å²) in [5.74, 6) is 0.753. The summed E-state index contributed by atoms with van der Waals surface area (Å²) >= 11 is 0. The summed E-state index contributed by atoms with van der Waals surface area (Å²) in [6.07, 6.45) is 3.28. The lowest BCUT2D eigenvalue weighted by atomic mass is 9.96. The molecule has 0 aliphatic carbocycles. The van der Waals surface area contributed by atoms with Crippen LogP contribution in [0.4, 0.5) is 11.5 Å². The largest absolute Gasteiger partial charge is 0.355 e. The minimum absolute atomic E-state index is 0.0512. The van der Waals surface area contributed by atoms with Crippen LogP contribution in [0.15, 0.2) is 29.0 Å². The number of hydrogen-bond acceptors (Lipinski definition) is 6. The van der Waals surface area contributed by atoms with Crippen molar-refractivity contribution in [3.63, 3.8) is 0 Å². The molecule has 2 aromatic heterocycles. The van der Waals surface area contributed by atoms with Gasteiger partial charge in [-0.25, -0.2) is 4.98 Å². The van der Waals surface area contributed by atoms with Crippen LogP contribution in [0, 0.1) is 26.7 Å². The Balaban J connectivity index is 1.53. The number of hydrogen-bond donors (Lipinski definition) is 1. The zero-order valence-corrected chi connectivity index (χ0v) is 15.8. The molecule has 3 heterocycles. The first-order chi connectivity index (χ1) is 13.0. The molecule has 3 aromatic rings. The lowest BCUT2D eigenvalue weighted by Crippen LogP contribution is -2.41. The summed E-state index contributed by atoms with van der Waals surface area (Å²) in [6.45, 7) is 7.47. The summed E-state index contributed by atoms with van der Waals surface area (Å²) in [5, 5.41) is 7.89. The van der Waals surface area contributed by atoms with Crippen LogP contribution in [0.3, 0.4) is 0 Å². The highest BCUT2D eigenvalue weighted by atomic mass is 16.5. The van der Waals surface area contributed by atoms with E-state index in [4.69, 9.17) is 4.52 Å². The molecule has 1 aliphatic heterocycles. The summed E-state index contributed by atoms with van der Waals surface area (Å²) in [4.78, 5) is 23.5. The van der Waals surface area contributed by atoms with E-state index in [1.165, 1.54) is 17.5 Å². The Morgan fingerprint density at radius 2 is 2.07 bits per heavy atom. The number of anilines is 2. The molecule has 0 spiro atoms. The number of fused-ring (bicyclic) bond motifs is 1. The van der Waals surface area contributed by atoms with Gasteiger partial charge in [-0.15, -0.1) is 0 Å². The van der Waals surface area contributed by atoms with Crippen LogP contribution >= 0.6 is 0 Å². The first kappa shape index (κ1) is 17.5. The highest BCUT2D eigenvalue weighted by Crippen LogP contribution is 2.30. The van der Waals surface area contributed by atoms with Gasteiger partial charge in [0, 0.05) is 18.8 Å². The second kappa shape index (κ2) is 6.98. The summed E-state index contributed by atoms with van der Waals surface area (Å²) in [5.41, 5.74) is 4.49. The van der Waals surface area contributed by atoms with Crippen molar-refractivity contribution in [3.05, 3.63) is 41.3 Å². The second-order valence-electron chi connectivity index (χ2n) is 7.22. The molecule has 0 radical (unpaired) electrons. The smallest absolute Gasteiger partial charge is 0.263 e. The molecule has 1 unspecified atom stereocenters. The van der Waals surface area contributed by atoms with Crippen molar-refractivity contribution in [1.82, 2.24) is 15.1 Å². The Labute approximate surface area is 157 Å². The van der Waals surface area contributed by atoms with Crippen LogP contribution < -0.4 is 10.2 Å². The van der Waals surface area contributed by atoms with E-state index < -0.39 is 0 Å². The lowest BCUT2D eigenvalue weighted by molar-refractivity contribution is -0.120. The second-order valence-corrected chi connectivity index (χ2v) is 7.22. The third-order valence-corrected chi connectivity index (χ3v) is 5.29. The van der Waals surface area contributed by atoms with Crippen molar-refractivity contribution in [2.24, 2.45) is 5.92 Å². The first-order valence-corrected chi connectivity index (χ1v) is 9.23. The third-order valence-electron chi connectivity index (χ3n) is 5.29. The number of piperidine rings is 1. The monoisotopic (exact) mass is 365 g/mol. The Bertz CT molecular complexity index is 997. The molecule has 1 amide bonds. The minimum atomic E-state index is -0.0921. The number of rotatable bonds is 3. The Morgan fingerprint density at radius 1 is 1.22 bits per heavy atom. The Kier molecular flexibility index (Phi) is 4.51. The van der Waals surface area contributed by atoms with Crippen LogP contribution in [0.5, 0.6) is 0 Å². The van der Waals surface area contributed by atoms with E-state index in [9.17, 15) is 4.79 Å². The number of nitrogens with one attached hydrogen (secondary N) is 1. The molecule has 140 valence electrons. The standard InChI is InChI=1S/C20H23N5O2/c1-12-6-7-16(9-13(12)2)23-19(26)15-5-4-8-25(10-15)18-17-14(3)24-27-20(17)22-11-21-18/h6-7,9,11,15H,4-5,8,10H2,1-3H3,(H,23,26). The van der Waals surface area contributed by atoms with Crippen LogP contribution in [0.25, 0.3) is 11.1 Å². The predicted octanol–water partition coefficient (Wildman–Crippen LogP) is 3.40. The third kappa shape index (κ3) is 3.37. The molecule has 1 N–H and O–H groups in total. The van der Waals surface area contributed by atoms with Crippen molar-refractivity contribution in [1.29, 1.82) is 0 Å². The summed E-state index contributed by atoms with van der Waals surface area (Å²) in [6, 6.07) is 6.00. The fourth-order valence-corrected chi connectivity index (χ4v) is 3.59. The molecule has 1 aromatic carbocycles. The van der Waals surface area contributed by atoms with E-state index in [0.717, 1.165) is 42.0 Å². The molecule has 27 heavy (non-hydrogen) atoms. The Morgan fingerprint density at radius 3 is 2.89 bits per heavy atom. The average molecular weight is 365 g/mol. The van der Waals surface area contributed by atoms with Gasteiger partial charge in [0.1, 0.15) is 17.5 Å². The Hall–Kier alpha value is -2.96. The lowest BCUT2D eigenvalue weighted by Gasteiger charge is -2.33. The molecule has 0 saturated carbocycles. The van der Waals surface area contributed by atoms with E-state index in [-0.39, 0.29) is 11.8 Å². The molecule has 1 aliphatic rings. The highest BCUT2D eigenvalue weighted by Gasteiger charge is 2.28.